The third kappa shape index (κ3) is 4.90. The summed E-state index contributed by atoms with van der Waals surface area (Å²) in [5.74, 6) is 0. The van der Waals surface area contributed by atoms with Gasteiger partial charge in [0.2, 0.25) is 0 Å². The summed E-state index contributed by atoms with van der Waals surface area (Å²) in [5, 5.41) is 7.15. The van der Waals surface area contributed by atoms with Crippen LogP contribution in [0.2, 0.25) is 0 Å². The van der Waals surface area contributed by atoms with Crippen molar-refractivity contribution in [1.29, 1.82) is 0 Å². The van der Waals surface area contributed by atoms with Gasteiger partial charge in [-0.3, -0.25) is 0 Å². The Bertz CT molecular complexity index is 3420. The van der Waals surface area contributed by atoms with Crippen molar-refractivity contribution in [1.82, 2.24) is 0 Å². The third-order valence-corrected chi connectivity index (χ3v) is 13.6. The number of rotatable bonds is 5. The molecule has 0 aliphatic heterocycles. The van der Waals surface area contributed by atoms with E-state index < -0.39 is 0 Å². The zero-order chi connectivity index (χ0) is 38.5. The first-order chi connectivity index (χ1) is 28.5. The number of furan rings is 1. The van der Waals surface area contributed by atoms with Gasteiger partial charge in [0.1, 0.15) is 11.2 Å². The van der Waals surface area contributed by atoms with E-state index in [9.17, 15) is 0 Å². The van der Waals surface area contributed by atoms with E-state index in [0.717, 1.165) is 44.4 Å². The van der Waals surface area contributed by atoms with Gasteiger partial charge in [-0.05, 0) is 111 Å². The van der Waals surface area contributed by atoms with Crippen LogP contribution >= 0.6 is 11.3 Å². The van der Waals surface area contributed by atoms with E-state index in [0.29, 0.717) is 0 Å². The van der Waals surface area contributed by atoms with E-state index >= 15 is 0 Å². The number of thiophene rings is 1. The van der Waals surface area contributed by atoms with Crippen LogP contribution in [0.1, 0.15) is 25.0 Å². The maximum absolute atomic E-state index is 6.82. The van der Waals surface area contributed by atoms with Crippen LogP contribution in [-0.2, 0) is 5.41 Å². The van der Waals surface area contributed by atoms with Gasteiger partial charge in [-0.2, -0.15) is 0 Å². The lowest BCUT2D eigenvalue weighted by atomic mass is 9.82. The number of fused-ring (bicyclic) bond motifs is 11. The monoisotopic (exact) mass is 759 g/mol. The SMILES string of the molecule is CC1(C)c2ccccc2-c2ccc(N(c3ccc(-c4ccccc4)cc3)c3ccc4oc5c6ccccc6c(-c6cccc7sc8ccccc8c67)cc5c4c3)cc21. The molecule has 0 unspecified atom stereocenters. The van der Waals surface area contributed by atoms with Gasteiger partial charge in [0.15, 0.2) is 0 Å². The van der Waals surface area contributed by atoms with Crippen molar-refractivity contribution in [2.75, 3.05) is 4.90 Å². The molecule has 0 fully saturated rings. The predicted molar refractivity (Wildman–Crippen MR) is 247 cm³/mol. The molecule has 12 rings (SSSR count). The molecule has 0 N–H and O–H groups in total. The first-order valence-corrected chi connectivity index (χ1v) is 20.8. The van der Waals surface area contributed by atoms with Gasteiger partial charge >= 0.3 is 0 Å². The van der Waals surface area contributed by atoms with Crippen molar-refractivity contribution in [2.45, 2.75) is 19.3 Å². The fourth-order valence-corrected chi connectivity index (χ4v) is 10.8. The molecule has 1 aliphatic rings. The molecule has 58 heavy (non-hydrogen) atoms. The van der Waals surface area contributed by atoms with Gasteiger partial charge in [0.25, 0.3) is 0 Å². The van der Waals surface area contributed by atoms with E-state index in [1.165, 1.54) is 70.1 Å². The molecule has 2 heterocycles. The van der Waals surface area contributed by atoms with E-state index in [2.05, 4.69) is 207 Å². The molecule has 0 radical (unpaired) electrons. The fraction of sp³-hybridized carbons (Fsp3) is 0.0545. The molecule has 0 atom stereocenters. The highest BCUT2D eigenvalue weighted by Crippen LogP contribution is 2.51. The minimum Gasteiger partial charge on any atom is -0.455 e. The van der Waals surface area contributed by atoms with Crippen molar-refractivity contribution < 1.29 is 4.42 Å². The largest absolute Gasteiger partial charge is 0.455 e. The standard InChI is InChI=1S/C55H37NOS/c1-55(2)48-20-10-8-16-40(48)41-29-27-38(32-49(41)55)56(36-25-23-35(24-26-36)34-13-4-3-5-14-34)37-28-30-50-46(31-37)47-33-45(39-15-6-7-17-43(39)54(47)57-50)42-19-12-22-52-53(42)44-18-9-11-21-51(44)58-52/h3-33H,1-2H3. The van der Waals surface area contributed by atoms with Gasteiger partial charge in [0, 0.05) is 58.8 Å². The second kappa shape index (κ2) is 12.5. The van der Waals surface area contributed by atoms with Crippen molar-refractivity contribution in [2.24, 2.45) is 0 Å². The van der Waals surface area contributed by atoms with Crippen molar-refractivity contribution in [3.8, 4) is 33.4 Å². The normalized spacial score (nSPS) is 13.1. The summed E-state index contributed by atoms with van der Waals surface area (Å²) in [5.41, 5.74) is 15.2. The molecule has 11 aromatic rings. The third-order valence-electron chi connectivity index (χ3n) is 12.5. The first-order valence-electron chi connectivity index (χ1n) is 20.0. The van der Waals surface area contributed by atoms with Gasteiger partial charge in [-0.1, -0.05) is 141 Å². The number of nitrogens with zero attached hydrogens (tertiary/aromatic N) is 1. The summed E-state index contributed by atoms with van der Waals surface area (Å²) < 4.78 is 9.43. The lowest BCUT2D eigenvalue weighted by Gasteiger charge is -2.28. The Balaban J connectivity index is 1.08. The zero-order valence-corrected chi connectivity index (χ0v) is 33.0. The maximum atomic E-state index is 6.82. The van der Waals surface area contributed by atoms with Crippen LogP contribution in [0.5, 0.6) is 0 Å². The smallest absolute Gasteiger partial charge is 0.143 e. The molecule has 0 amide bonds. The predicted octanol–water partition coefficient (Wildman–Crippen LogP) is 16.2. The minimum atomic E-state index is -0.121. The highest BCUT2D eigenvalue weighted by molar-refractivity contribution is 7.25. The quantitative estimate of drug-likeness (QED) is 0.174. The van der Waals surface area contributed by atoms with E-state index in [-0.39, 0.29) is 5.41 Å². The minimum absolute atomic E-state index is 0.121. The molecular formula is C55H37NOS. The molecule has 0 saturated carbocycles. The Morgan fingerprint density at radius 1 is 0.414 bits per heavy atom. The first kappa shape index (κ1) is 33.2. The molecular weight excluding hydrogens is 723 g/mol. The highest BCUT2D eigenvalue weighted by Gasteiger charge is 2.35. The van der Waals surface area contributed by atoms with Crippen molar-refractivity contribution >= 4 is 81.3 Å². The molecule has 274 valence electrons. The summed E-state index contributed by atoms with van der Waals surface area (Å²) in [6.45, 7) is 4.71. The van der Waals surface area contributed by atoms with Crippen molar-refractivity contribution in [3.05, 3.63) is 199 Å². The molecule has 2 aromatic heterocycles. The number of hydrogen-bond donors (Lipinski definition) is 0. The van der Waals surface area contributed by atoms with Crippen LogP contribution in [-0.4, -0.2) is 0 Å². The molecule has 1 aliphatic carbocycles. The van der Waals surface area contributed by atoms with Gasteiger partial charge in [0.05, 0.1) is 0 Å². The van der Waals surface area contributed by atoms with Gasteiger partial charge in [-0.25, -0.2) is 0 Å². The average Bonchev–Trinajstić information content (AvgIpc) is 3.92. The second-order valence-corrected chi connectivity index (χ2v) is 17.1. The maximum Gasteiger partial charge on any atom is 0.143 e. The second-order valence-electron chi connectivity index (χ2n) is 16.1. The lowest BCUT2D eigenvalue weighted by Crippen LogP contribution is -2.16. The average molecular weight is 760 g/mol. The topological polar surface area (TPSA) is 16.4 Å². The molecule has 0 spiro atoms. The van der Waals surface area contributed by atoms with Crippen molar-refractivity contribution in [3.63, 3.8) is 0 Å². The number of anilines is 3. The highest BCUT2D eigenvalue weighted by atomic mass is 32.1. The molecule has 0 saturated heterocycles. The van der Waals surface area contributed by atoms with Crippen LogP contribution < -0.4 is 4.90 Å². The summed E-state index contributed by atoms with van der Waals surface area (Å²) in [6, 6.07) is 68.8. The Labute approximate surface area is 340 Å². The zero-order valence-electron chi connectivity index (χ0n) is 32.2. The van der Waals surface area contributed by atoms with Crippen LogP contribution in [0, 0.1) is 0 Å². The Morgan fingerprint density at radius 2 is 1.05 bits per heavy atom. The fourth-order valence-electron chi connectivity index (χ4n) is 9.66. The summed E-state index contributed by atoms with van der Waals surface area (Å²) in [6.07, 6.45) is 0. The number of hydrogen-bond acceptors (Lipinski definition) is 3. The summed E-state index contributed by atoms with van der Waals surface area (Å²) in [4.78, 5) is 2.41. The van der Waals surface area contributed by atoms with Gasteiger partial charge in [-0.15, -0.1) is 11.3 Å². The van der Waals surface area contributed by atoms with Crippen LogP contribution in [0.4, 0.5) is 17.1 Å². The van der Waals surface area contributed by atoms with E-state index in [1.54, 1.807) is 0 Å². The van der Waals surface area contributed by atoms with Crippen LogP contribution in [0.3, 0.4) is 0 Å². The summed E-state index contributed by atoms with van der Waals surface area (Å²) in [7, 11) is 0. The van der Waals surface area contributed by atoms with Gasteiger partial charge < -0.3 is 9.32 Å². The van der Waals surface area contributed by atoms with E-state index in [1.807, 2.05) is 11.3 Å². The Kier molecular flexibility index (Phi) is 7.18. The van der Waals surface area contributed by atoms with Crippen LogP contribution in [0.15, 0.2) is 192 Å². The summed E-state index contributed by atoms with van der Waals surface area (Å²) >= 11 is 1.86. The Hall–Kier alpha value is -6.94. The molecule has 0 bridgehead atoms. The molecule has 3 heteroatoms. The van der Waals surface area contributed by atoms with E-state index in [4.69, 9.17) is 4.42 Å². The molecule has 2 nitrogen and oxygen atoms in total. The molecule has 9 aromatic carbocycles. The Morgan fingerprint density at radius 3 is 1.91 bits per heavy atom. The lowest BCUT2D eigenvalue weighted by molar-refractivity contribution is 0.660. The van der Waals surface area contributed by atoms with Crippen LogP contribution in [0.25, 0.3) is 86.3 Å². The number of benzene rings is 9.